The molecule has 0 aromatic heterocycles. The second kappa shape index (κ2) is 8.94. The van der Waals surface area contributed by atoms with E-state index in [0.29, 0.717) is 18.0 Å². The van der Waals surface area contributed by atoms with Gasteiger partial charge in [-0.25, -0.2) is 0 Å². The zero-order valence-corrected chi connectivity index (χ0v) is 12.8. The van der Waals surface area contributed by atoms with E-state index >= 15 is 0 Å². The van der Waals surface area contributed by atoms with Crippen LogP contribution < -0.4 is 11.1 Å². The standard InChI is InChI=1S/C15H24N2O.ClH/c1-11(2)4-5-12(3)17-15(18)14-8-6-13(10-16)7-9-14;/h6-9,11-12H,4-5,10,16H2,1-3H3,(H,17,18);1H. The van der Waals surface area contributed by atoms with E-state index < -0.39 is 0 Å². The normalized spacial score (nSPS) is 11.8. The second-order valence-corrected chi connectivity index (χ2v) is 5.25. The van der Waals surface area contributed by atoms with Crippen LogP contribution in [0.25, 0.3) is 0 Å². The van der Waals surface area contributed by atoms with Gasteiger partial charge in [-0.05, 0) is 43.4 Å². The van der Waals surface area contributed by atoms with Gasteiger partial charge in [0, 0.05) is 18.2 Å². The maximum atomic E-state index is 12.0. The molecule has 1 aromatic rings. The molecule has 1 unspecified atom stereocenters. The van der Waals surface area contributed by atoms with Crippen LogP contribution in [0, 0.1) is 5.92 Å². The number of carbonyl (C=O) groups excluding carboxylic acids is 1. The van der Waals surface area contributed by atoms with E-state index in [0.717, 1.165) is 18.4 Å². The van der Waals surface area contributed by atoms with Gasteiger partial charge in [-0.2, -0.15) is 0 Å². The van der Waals surface area contributed by atoms with Crippen molar-refractivity contribution in [2.24, 2.45) is 11.7 Å². The van der Waals surface area contributed by atoms with Crippen LogP contribution in [0.2, 0.25) is 0 Å². The summed E-state index contributed by atoms with van der Waals surface area (Å²) in [6.45, 7) is 6.95. The van der Waals surface area contributed by atoms with Gasteiger partial charge in [0.15, 0.2) is 0 Å². The first kappa shape index (κ1) is 17.9. The van der Waals surface area contributed by atoms with Crippen molar-refractivity contribution in [3.8, 4) is 0 Å². The molecule has 1 aromatic carbocycles. The minimum atomic E-state index is -0.00479. The van der Waals surface area contributed by atoms with Crippen molar-refractivity contribution in [1.29, 1.82) is 0 Å². The fourth-order valence-corrected chi connectivity index (χ4v) is 1.75. The number of nitrogens with two attached hydrogens (primary N) is 1. The van der Waals surface area contributed by atoms with Crippen LogP contribution in [0.15, 0.2) is 24.3 Å². The van der Waals surface area contributed by atoms with E-state index in [1.807, 2.05) is 24.3 Å². The molecule has 1 atom stereocenters. The Balaban J connectivity index is 0.00000324. The Hall–Kier alpha value is -1.06. The van der Waals surface area contributed by atoms with Crippen molar-refractivity contribution >= 4 is 18.3 Å². The zero-order valence-electron chi connectivity index (χ0n) is 12.0. The van der Waals surface area contributed by atoms with Gasteiger partial charge < -0.3 is 11.1 Å². The van der Waals surface area contributed by atoms with Crippen LogP contribution in [0.5, 0.6) is 0 Å². The summed E-state index contributed by atoms with van der Waals surface area (Å²) in [5.74, 6) is 0.669. The van der Waals surface area contributed by atoms with Crippen molar-refractivity contribution in [1.82, 2.24) is 5.32 Å². The molecule has 1 amide bonds. The van der Waals surface area contributed by atoms with Gasteiger partial charge in [0.2, 0.25) is 0 Å². The number of amides is 1. The SMILES string of the molecule is CC(C)CCC(C)NC(=O)c1ccc(CN)cc1.Cl. The molecule has 0 bridgehead atoms. The number of rotatable bonds is 6. The van der Waals surface area contributed by atoms with Gasteiger partial charge in [-0.15, -0.1) is 12.4 Å². The van der Waals surface area contributed by atoms with Crippen LogP contribution in [0.4, 0.5) is 0 Å². The predicted molar refractivity (Wildman–Crippen MR) is 82.6 cm³/mol. The lowest BCUT2D eigenvalue weighted by atomic mass is 10.0. The molecule has 0 heterocycles. The highest BCUT2D eigenvalue weighted by atomic mass is 35.5. The number of hydrogen-bond donors (Lipinski definition) is 2. The monoisotopic (exact) mass is 284 g/mol. The maximum Gasteiger partial charge on any atom is 0.251 e. The lowest BCUT2D eigenvalue weighted by molar-refractivity contribution is 0.0937. The summed E-state index contributed by atoms with van der Waals surface area (Å²) in [6.07, 6.45) is 2.15. The molecular weight excluding hydrogens is 260 g/mol. The first-order valence-electron chi connectivity index (χ1n) is 6.62. The fraction of sp³-hybridized carbons (Fsp3) is 0.533. The van der Waals surface area contributed by atoms with E-state index in [2.05, 4.69) is 26.1 Å². The van der Waals surface area contributed by atoms with Crippen LogP contribution in [-0.2, 0) is 6.54 Å². The van der Waals surface area contributed by atoms with Gasteiger partial charge in [0.25, 0.3) is 5.91 Å². The fourth-order valence-electron chi connectivity index (χ4n) is 1.75. The van der Waals surface area contributed by atoms with E-state index in [4.69, 9.17) is 5.73 Å². The molecule has 0 radical (unpaired) electrons. The summed E-state index contributed by atoms with van der Waals surface area (Å²) in [4.78, 5) is 12.0. The molecule has 0 saturated heterocycles. The van der Waals surface area contributed by atoms with E-state index in [-0.39, 0.29) is 24.4 Å². The van der Waals surface area contributed by atoms with Crippen molar-refractivity contribution in [2.45, 2.75) is 46.2 Å². The smallest absolute Gasteiger partial charge is 0.251 e. The highest BCUT2D eigenvalue weighted by Crippen LogP contribution is 2.08. The molecule has 1 rings (SSSR count). The average Bonchev–Trinajstić information content (AvgIpc) is 2.36. The lowest BCUT2D eigenvalue weighted by Crippen LogP contribution is -2.32. The van der Waals surface area contributed by atoms with Gasteiger partial charge in [-0.3, -0.25) is 4.79 Å². The Labute approximate surface area is 122 Å². The third-order valence-electron chi connectivity index (χ3n) is 3.01. The highest BCUT2D eigenvalue weighted by Gasteiger charge is 2.09. The second-order valence-electron chi connectivity index (χ2n) is 5.25. The van der Waals surface area contributed by atoms with Crippen LogP contribution in [0.1, 0.15) is 49.5 Å². The molecule has 3 N–H and O–H groups in total. The van der Waals surface area contributed by atoms with Crippen molar-refractivity contribution < 1.29 is 4.79 Å². The largest absolute Gasteiger partial charge is 0.350 e. The Kier molecular flexibility index (Phi) is 8.44. The number of hydrogen-bond acceptors (Lipinski definition) is 2. The Morgan fingerprint density at radius 2 is 1.74 bits per heavy atom. The summed E-state index contributed by atoms with van der Waals surface area (Å²) in [5, 5.41) is 3.02. The van der Waals surface area contributed by atoms with Gasteiger partial charge in [-0.1, -0.05) is 26.0 Å². The van der Waals surface area contributed by atoms with Gasteiger partial charge in [0.1, 0.15) is 0 Å². The number of carbonyl (C=O) groups is 1. The number of nitrogens with one attached hydrogen (secondary N) is 1. The zero-order chi connectivity index (χ0) is 13.5. The quantitative estimate of drug-likeness (QED) is 0.843. The molecule has 0 aliphatic carbocycles. The highest BCUT2D eigenvalue weighted by molar-refractivity contribution is 5.94. The summed E-state index contributed by atoms with van der Waals surface area (Å²) < 4.78 is 0. The van der Waals surface area contributed by atoms with Gasteiger partial charge >= 0.3 is 0 Å². The number of benzene rings is 1. The molecule has 19 heavy (non-hydrogen) atoms. The molecule has 0 saturated carbocycles. The minimum Gasteiger partial charge on any atom is -0.350 e. The van der Waals surface area contributed by atoms with Crippen molar-refractivity contribution in [3.05, 3.63) is 35.4 Å². The summed E-state index contributed by atoms with van der Waals surface area (Å²) in [6, 6.07) is 7.66. The van der Waals surface area contributed by atoms with E-state index in [1.54, 1.807) is 0 Å². The average molecular weight is 285 g/mol. The van der Waals surface area contributed by atoms with Crippen LogP contribution in [0.3, 0.4) is 0 Å². The Bertz CT molecular complexity index is 376. The predicted octanol–water partition coefficient (Wildman–Crippen LogP) is 3.12. The lowest BCUT2D eigenvalue weighted by Gasteiger charge is -2.15. The molecule has 0 fully saturated rings. The third kappa shape index (κ3) is 6.60. The first-order valence-corrected chi connectivity index (χ1v) is 6.62. The molecule has 3 nitrogen and oxygen atoms in total. The molecule has 0 aliphatic heterocycles. The van der Waals surface area contributed by atoms with Crippen LogP contribution >= 0.6 is 12.4 Å². The van der Waals surface area contributed by atoms with E-state index in [9.17, 15) is 4.79 Å². The molecule has 0 aliphatic rings. The molecular formula is C15H25ClN2O. The third-order valence-corrected chi connectivity index (χ3v) is 3.01. The topological polar surface area (TPSA) is 55.1 Å². The first-order chi connectivity index (χ1) is 8.52. The molecule has 0 spiro atoms. The van der Waals surface area contributed by atoms with Crippen molar-refractivity contribution in [3.63, 3.8) is 0 Å². The summed E-state index contributed by atoms with van der Waals surface area (Å²) in [7, 11) is 0. The van der Waals surface area contributed by atoms with Crippen LogP contribution in [-0.4, -0.2) is 11.9 Å². The van der Waals surface area contributed by atoms with E-state index in [1.165, 1.54) is 0 Å². The summed E-state index contributed by atoms with van der Waals surface area (Å²) in [5.41, 5.74) is 7.26. The number of halogens is 1. The molecule has 108 valence electrons. The summed E-state index contributed by atoms with van der Waals surface area (Å²) >= 11 is 0. The van der Waals surface area contributed by atoms with Crippen molar-refractivity contribution in [2.75, 3.05) is 0 Å². The van der Waals surface area contributed by atoms with Gasteiger partial charge in [0.05, 0.1) is 0 Å². The minimum absolute atomic E-state index is 0. The Morgan fingerprint density at radius 3 is 2.21 bits per heavy atom. The Morgan fingerprint density at radius 1 is 1.16 bits per heavy atom. The molecule has 4 heteroatoms. The maximum absolute atomic E-state index is 12.0.